The fourth-order valence-corrected chi connectivity index (χ4v) is 3.46. The molecule has 0 saturated carbocycles. The van der Waals surface area contributed by atoms with Gasteiger partial charge in [-0.05, 0) is 54.3 Å². The lowest BCUT2D eigenvalue weighted by Gasteiger charge is -2.14. The van der Waals surface area contributed by atoms with Gasteiger partial charge in [0.25, 0.3) is 5.91 Å². The average molecular weight is 458 g/mol. The van der Waals surface area contributed by atoms with E-state index in [4.69, 9.17) is 14.2 Å². The molecule has 8 nitrogen and oxygen atoms in total. The van der Waals surface area contributed by atoms with Crippen LogP contribution in [0.15, 0.2) is 48.2 Å². The molecule has 168 valence electrons. The first-order chi connectivity index (χ1) is 15.4. The first-order valence-corrected chi connectivity index (χ1v) is 11.2. The number of hydrogen-bond donors (Lipinski definition) is 2. The third-order valence-electron chi connectivity index (χ3n) is 4.67. The highest BCUT2D eigenvalue weighted by Gasteiger charge is 2.28. The number of rotatable bonds is 10. The van der Waals surface area contributed by atoms with Crippen LogP contribution >= 0.6 is 11.8 Å². The fraction of sp³-hybridized carbons (Fsp3) is 0.261. The van der Waals surface area contributed by atoms with E-state index in [1.165, 1.54) is 17.8 Å². The molecule has 1 aliphatic heterocycles. The molecule has 1 heterocycles. The molecule has 2 aromatic rings. The summed E-state index contributed by atoms with van der Waals surface area (Å²) in [5.41, 5.74) is 1.18. The third kappa shape index (κ3) is 5.82. The van der Waals surface area contributed by atoms with E-state index < -0.39 is 17.9 Å². The van der Waals surface area contributed by atoms with Gasteiger partial charge in [-0.15, -0.1) is 0 Å². The predicted octanol–water partition coefficient (Wildman–Crippen LogP) is 3.01. The van der Waals surface area contributed by atoms with Crippen LogP contribution in [-0.4, -0.2) is 54.5 Å². The van der Waals surface area contributed by atoms with Gasteiger partial charge >= 0.3 is 5.97 Å². The lowest BCUT2D eigenvalue weighted by molar-refractivity contribution is -0.142. The Morgan fingerprint density at radius 3 is 2.56 bits per heavy atom. The molecule has 0 bridgehead atoms. The van der Waals surface area contributed by atoms with Crippen LogP contribution in [0.5, 0.6) is 17.2 Å². The number of nitrogens with one attached hydrogen (secondary N) is 1. The van der Waals surface area contributed by atoms with Crippen LogP contribution in [0.25, 0.3) is 6.08 Å². The second kappa shape index (κ2) is 10.7. The summed E-state index contributed by atoms with van der Waals surface area (Å²) in [5.74, 6) is 0.268. The minimum absolute atomic E-state index is 0.179. The number of ketones is 1. The molecule has 9 heteroatoms. The molecule has 0 unspecified atom stereocenters. The summed E-state index contributed by atoms with van der Waals surface area (Å²) in [5, 5.41) is 11.6. The van der Waals surface area contributed by atoms with E-state index in [1.54, 1.807) is 37.5 Å². The summed E-state index contributed by atoms with van der Waals surface area (Å²) in [4.78, 5) is 35.9. The van der Waals surface area contributed by atoms with Crippen molar-refractivity contribution >= 4 is 35.5 Å². The van der Waals surface area contributed by atoms with E-state index >= 15 is 0 Å². The molecule has 1 amide bonds. The van der Waals surface area contributed by atoms with Crippen molar-refractivity contribution in [3.8, 4) is 17.2 Å². The molecule has 0 saturated heterocycles. The quantitative estimate of drug-likeness (QED) is 0.524. The van der Waals surface area contributed by atoms with Crippen LogP contribution in [-0.2, 0) is 9.59 Å². The number of methoxy groups -OCH3 is 1. The molecule has 3 rings (SSSR count). The van der Waals surface area contributed by atoms with Crippen molar-refractivity contribution in [3.05, 3.63) is 59.4 Å². The van der Waals surface area contributed by atoms with Crippen LogP contribution < -0.4 is 19.5 Å². The number of benzene rings is 2. The zero-order valence-electron chi connectivity index (χ0n) is 17.6. The van der Waals surface area contributed by atoms with Crippen LogP contribution in [0.1, 0.15) is 22.3 Å². The number of carbonyl (C=O) groups is 3. The molecule has 0 aliphatic carbocycles. The average Bonchev–Trinajstić information content (AvgIpc) is 3.10. The molecule has 0 fully saturated rings. The summed E-state index contributed by atoms with van der Waals surface area (Å²) in [6.45, 7) is -0.357. The van der Waals surface area contributed by atoms with E-state index in [-0.39, 0.29) is 18.1 Å². The van der Waals surface area contributed by atoms with Crippen molar-refractivity contribution in [2.24, 2.45) is 0 Å². The molecule has 2 N–H and O–H groups in total. The summed E-state index contributed by atoms with van der Waals surface area (Å²) in [6.07, 6.45) is 3.82. The normalized spacial score (nSPS) is 14.4. The van der Waals surface area contributed by atoms with Gasteiger partial charge < -0.3 is 24.6 Å². The summed E-state index contributed by atoms with van der Waals surface area (Å²) in [7, 11) is 1.58. The Labute approximate surface area is 189 Å². The van der Waals surface area contributed by atoms with Gasteiger partial charge in [-0.2, -0.15) is 11.8 Å². The van der Waals surface area contributed by atoms with Crippen molar-refractivity contribution in [1.82, 2.24) is 5.32 Å². The lowest BCUT2D eigenvalue weighted by atomic mass is 10.1. The van der Waals surface area contributed by atoms with Crippen LogP contribution in [0.3, 0.4) is 0 Å². The Morgan fingerprint density at radius 1 is 1.19 bits per heavy atom. The van der Waals surface area contributed by atoms with Crippen molar-refractivity contribution in [1.29, 1.82) is 0 Å². The molecular formula is C23H23NO7S. The Balaban J connectivity index is 1.62. The second-order valence-corrected chi connectivity index (χ2v) is 7.88. The van der Waals surface area contributed by atoms with E-state index in [0.29, 0.717) is 35.0 Å². The Morgan fingerprint density at radius 2 is 1.91 bits per heavy atom. The highest BCUT2D eigenvalue weighted by molar-refractivity contribution is 7.98. The van der Waals surface area contributed by atoms with Gasteiger partial charge in [0.05, 0.1) is 12.7 Å². The van der Waals surface area contributed by atoms with Gasteiger partial charge in [-0.25, -0.2) is 4.79 Å². The number of carbonyl (C=O) groups excluding carboxylic acids is 2. The number of allylic oxidation sites excluding steroid dienone is 1. The molecule has 0 radical (unpaired) electrons. The maximum Gasteiger partial charge on any atom is 0.326 e. The summed E-state index contributed by atoms with van der Waals surface area (Å²) in [6, 6.07) is 10.9. The number of amides is 1. The van der Waals surface area contributed by atoms with Gasteiger partial charge in [-0.1, -0.05) is 12.1 Å². The number of ether oxygens (including phenoxy) is 3. The molecule has 2 aromatic carbocycles. The van der Waals surface area contributed by atoms with E-state index in [9.17, 15) is 19.5 Å². The van der Waals surface area contributed by atoms with Crippen molar-refractivity contribution < 1.29 is 33.7 Å². The zero-order valence-corrected chi connectivity index (χ0v) is 18.4. The smallest absolute Gasteiger partial charge is 0.326 e. The lowest BCUT2D eigenvalue weighted by Crippen LogP contribution is -2.43. The van der Waals surface area contributed by atoms with Gasteiger partial charge in [-0.3, -0.25) is 9.59 Å². The highest BCUT2D eigenvalue weighted by Crippen LogP contribution is 2.35. The standard InChI is InChI=1S/C23H23NO7S/c1-29-15-5-3-14(4-6-15)11-20-22(26)17-8-7-16(12-19(17)31-20)30-13-21(25)24-18(23(27)28)9-10-32-2/h3-8,11-12,18H,9-10,13H2,1-2H3,(H,24,25)(H,27,28)/t18-/m1/s1. The minimum atomic E-state index is -1.09. The number of hydrogen-bond acceptors (Lipinski definition) is 7. The Bertz CT molecular complexity index is 1030. The van der Waals surface area contributed by atoms with Crippen LogP contribution in [0, 0.1) is 0 Å². The van der Waals surface area contributed by atoms with Crippen molar-refractivity contribution in [3.63, 3.8) is 0 Å². The molecular weight excluding hydrogens is 434 g/mol. The first kappa shape index (κ1) is 23.2. The summed E-state index contributed by atoms with van der Waals surface area (Å²) >= 11 is 1.50. The van der Waals surface area contributed by atoms with Crippen LogP contribution in [0.2, 0.25) is 0 Å². The van der Waals surface area contributed by atoms with Crippen molar-refractivity contribution in [2.75, 3.05) is 25.7 Å². The summed E-state index contributed by atoms with van der Waals surface area (Å²) < 4.78 is 16.3. The van der Waals surface area contributed by atoms with E-state index in [2.05, 4.69) is 5.32 Å². The number of carboxylic acids is 1. The highest BCUT2D eigenvalue weighted by atomic mass is 32.2. The number of carboxylic acid groups (broad SMARTS) is 1. The maximum absolute atomic E-state index is 12.6. The molecule has 1 aliphatic rings. The first-order valence-electron chi connectivity index (χ1n) is 9.77. The number of Topliss-reactive ketones (excluding diaryl/α,β-unsaturated/α-hetero) is 1. The SMILES string of the molecule is COc1ccc(C=C2Oc3cc(OCC(=O)N[C@H](CCSC)C(=O)O)ccc3C2=O)cc1. The number of fused-ring (bicyclic) bond motifs is 1. The predicted molar refractivity (Wildman–Crippen MR) is 120 cm³/mol. The zero-order chi connectivity index (χ0) is 23.1. The fourth-order valence-electron chi connectivity index (χ4n) is 2.99. The van der Waals surface area contributed by atoms with E-state index in [0.717, 1.165) is 5.56 Å². The van der Waals surface area contributed by atoms with E-state index in [1.807, 2.05) is 18.4 Å². The number of thioether (sulfide) groups is 1. The topological polar surface area (TPSA) is 111 Å². The molecule has 0 spiro atoms. The largest absolute Gasteiger partial charge is 0.497 e. The van der Waals surface area contributed by atoms with Gasteiger partial charge in [0.2, 0.25) is 5.78 Å². The Hall–Kier alpha value is -3.46. The maximum atomic E-state index is 12.6. The molecule has 1 atom stereocenters. The second-order valence-electron chi connectivity index (χ2n) is 6.90. The van der Waals surface area contributed by atoms with Crippen LogP contribution in [0.4, 0.5) is 0 Å². The Kier molecular flexibility index (Phi) is 7.77. The monoisotopic (exact) mass is 457 g/mol. The van der Waals surface area contributed by atoms with Gasteiger partial charge in [0.1, 0.15) is 23.3 Å². The van der Waals surface area contributed by atoms with Crippen molar-refractivity contribution in [2.45, 2.75) is 12.5 Å². The number of aliphatic carboxylic acids is 1. The van der Waals surface area contributed by atoms with Gasteiger partial charge in [0, 0.05) is 6.07 Å². The minimum Gasteiger partial charge on any atom is -0.497 e. The van der Waals surface area contributed by atoms with Gasteiger partial charge in [0.15, 0.2) is 12.4 Å². The molecule has 32 heavy (non-hydrogen) atoms. The molecule has 0 aromatic heterocycles. The third-order valence-corrected chi connectivity index (χ3v) is 5.31.